The standard InChI is InChI=1S/C17H20N4O.ClH/c22-16-17(4-7-18-8-5-17)6-9-21(16)15-3-1-2-13(10-15)14-11-19-20-12-14;/h1-3,10-12,18H,4-9H2,(H,19,20);1H. The van der Waals surface area contributed by atoms with Gasteiger partial charge >= 0.3 is 0 Å². The number of anilines is 1. The summed E-state index contributed by atoms with van der Waals surface area (Å²) in [5, 5.41) is 10.2. The number of aromatic amines is 1. The molecule has 0 atom stereocenters. The van der Waals surface area contributed by atoms with E-state index in [0.29, 0.717) is 5.91 Å². The van der Waals surface area contributed by atoms with Crippen LogP contribution in [0.1, 0.15) is 19.3 Å². The van der Waals surface area contributed by atoms with Gasteiger partial charge in [0.1, 0.15) is 0 Å². The summed E-state index contributed by atoms with van der Waals surface area (Å²) in [7, 11) is 0. The number of hydrogen-bond donors (Lipinski definition) is 2. The van der Waals surface area contributed by atoms with Gasteiger partial charge in [0, 0.05) is 24.0 Å². The lowest BCUT2D eigenvalue weighted by Crippen LogP contribution is -2.42. The predicted octanol–water partition coefficient (Wildman–Crippen LogP) is 2.61. The number of rotatable bonds is 2. The number of piperidine rings is 1. The molecule has 1 aromatic heterocycles. The first kappa shape index (κ1) is 16.0. The molecule has 2 N–H and O–H groups in total. The largest absolute Gasteiger partial charge is 0.317 e. The topological polar surface area (TPSA) is 61.0 Å². The molecule has 6 heteroatoms. The highest BCUT2D eigenvalue weighted by Crippen LogP contribution is 2.42. The lowest BCUT2D eigenvalue weighted by atomic mass is 9.77. The van der Waals surface area contributed by atoms with Crippen LogP contribution in [0.3, 0.4) is 0 Å². The average molecular weight is 333 g/mol. The van der Waals surface area contributed by atoms with Crippen molar-refractivity contribution >= 4 is 24.0 Å². The van der Waals surface area contributed by atoms with Crippen molar-refractivity contribution in [3.8, 4) is 11.1 Å². The number of amides is 1. The van der Waals surface area contributed by atoms with Crippen LogP contribution in [0.4, 0.5) is 5.69 Å². The van der Waals surface area contributed by atoms with Crippen molar-refractivity contribution in [1.29, 1.82) is 0 Å². The van der Waals surface area contributed by atoms with Crippen molar-refractivity contribution in [1.82, 2.24) is 15.5 Å². The van der Waals surface area contributed by atoms with E-state index in [4.69, 9.17) is 0 Å². The smallest absolute Gasteiger partial charge is 0.233 e. The van der Waals surface area contributed by atoms with E-state index < -0.39 is 0 Å². The van der Waals surface area contributed by atoms with Gasteiger partial charge < -0.3 is 10.2 Å². The minimum absolute atomic E-state index is 0. The van der Waals surface area contributed by atoms with Crippen LogP contribution in [-0.4, -0.2) is 35.7 Å². The summed E-state index contributed by atoms with van der Waals surface area (Å²) in [4.78, 5) is 14.9. The third kappa shape index (κ3) is 2.75. The van der Waals surface area contributed by atoms with Gasteiger partial charge in [-0.05, 0) is 50.0 Å². The Bertz CT molecular complexity index is 680. The normalized spacial score (nSPS) is 19.8. The van der Waals surface area contributed by atoms with Crippen molar-refractivity contribution < 1.29 is 4.79 Å². The Kier molecular flexibility index (Phi) is 4.41. The van der Waals surface area contributed by atoms with Gasteiger partial charge in [-0.1, -0.05) is 12.1 Å². The molecule has 0 bridgehead atoms. The molecule has 122 valence electrons. The second kappa shape index (κ2) is 6.34. The van der Waals surface area contributed by atoms with Gasteiger partial charge in [-0.25, -0.2) is 0 Å². The summed E-state index contributed by atoms with van der Waals surface area (Å²) < 4.78 is 0. The number of benzene rings is 1. The molecular formula is C17H21ClN4O. The summed E-state index contributed by atoms with van der Waals surface area (Å²) >= 11 is 0. The number of hydrogen-bond acceptors (Lipinski definition) is 3. The van der Waals surface area contributed by atoms with E-state index >= 15 is 0 Å². The molecule has 5 nitrogen and oxygen atoms in total. The molecule has 2 aliphatic rings. The zero-order valence-corrected chi connectivity index (χ0v) is 13.7. The monoisotopic (exact) mass is 332 g/mol. The number of nitrogens with zero attached hydrogens (tertiary/aromatic N) is 2. The maximum atomic E-state index is 13.0. The van der Waals surface area contributed by atoms with E-state index in [1.165, 1.54) is 0 Å². The van der Waals surface area contributed by atoms with E-state index in [0.717, 1.165) is 55.7 Å². The Labute approximate surface area is 141 Å². The third-order valence-corrected chi connectivity index (χ3v) is 5.06. The first-order valence-corrected chi connectivity index (χ1v) is 7.90. The predicted molar refractivity (Wildman–Crippen MR) is 92.8 cm³/mol. The maximum Gasteiger partial charge on any atom is 0.233 e. The van der Waals surface area contributed by atoms with Gasteiger partial charge in [-0.3, -0.25) is 9.89 Å². The minimum atomic E-state index is -0.128. The molecule has 0 aliphatic carbocycles. The van der Waals surface area contributed by atoms with Crippen LogP contribution in [-0.2, 0) is 4.79 Å². The fraction of sp³-hybridized carbons (Fsp3) is 0.412. The highest BCUT2D eigenvalue weighted by Gasteiger charge is 2.47. The Morgan fingerprint density at radius 2 is 1.96 bits per heavy atom. The molecule has 2 saturated heterocycles. The van der Waals surface area contributed by atoms with Gasteiger partial charge in [-0.15, -0.1) is 12.4 Å². The van der Waals surface area contributed by atoms with Gasteiger partial charge in [-0.2, -0.15) is 5.10 Å². The highest BCUT2D eigenvalue weighted by molar-refractivity contribution is 6.00. The van der Waals surface area contributed by atoms with Crippen LogP contribution < -0.4 is 10.2 Å². The molecule has 0 radical (unpaired) electrons. The van der Waals surface area contributed by atoms with Crippen LogP contribution in [0.5, 0.6) is 0 Å². The Hall–Kier alpha value is -1.85. The average Bonchev–Trinajstić information content (AvgIpc) is 3.19. The molecule has 2 fully saturated rings. The number of carbonyl (C=O) groups is 1. The van der Waals surface area contributed by atoms with E-state index in [2.05, 4.69) is 27.6 Å². The Morgan fingerprint density at radius 3 is 2.70 bits per heavy atom. The third-order valence-electron chi connectivity index (χ3n) is 5.06. The SMILES string of the molecule is Cl.O=C1N(c2cccc(-c3cn[nH]c3)c2)CCC12CCNCC2. The van der Waals surface area contributed by atoms with Crippen LogP contribution in [0.2, 0.25) is 0 Å². The molecule has 1 aromatic carbocycles. The highest BCUT2D eigenvalue weighted by atomic mass is 35.5. The van der Waals surface area contributed by atoms with Crippen molar-refractivity contribution in [3.05, 3.63) is 36.7 Å². The number of carbonyl (C=O) groups excluding carboxylic acids is 1. The number of H-pyrrole nitrogens is 1. The Balaban J connectivity index is 0.00000156. The second-order valence-corrected chi connectivity index (χ2v) is 6.27. The molecular weight excluding hydrogens is 312 g/mol. The molecule has 1 amide bonds. The van der Waals surface area contributed by atoms with E-state index in [9.17, 15) is 4.79 Å². The molecule has 0 unspecified atom stereocenters. The molecule has 0 saturated carbocycles. The van der Waals surface area contributed by atoms with Crippen LogP contribution in [0.15, 0.2) is 36.7 Å². The van der Waals surface area contributed by atoms with Crippen LogP contribution in [0, 0.1) is 5.41 Å². The Morgan fingerprint density at radius 1 is 1.13 bits per heavy atom. The lowest BCUT2D eigenvalue weighted by Gasteiger charge is -2.32. The molecule has 4 rings (SSSR count). The number of aromatic nitrogens is 2. The summed E-state index contributed by atoms with van der Waals surface area (Å²) in [5.41, 5.74) is 3.01. The molecule has 2 aliphatic heterocycles. The molecule has 1 spiro atoms. The lowest BCUT2D eigenvalue weighted by molar-refractivity contribution is -0.126. The summed E-state index contributed by atoms with van der Waals surface area (Å²) in [6, 6.07) is 8.18. The van der Waals surface area contributed by atoms with Gasteiger partial charge in [0.2, 0.25) is 5.91 Å². The van der Waals surface area contributed by atoms with Gasteiger partial charge in [0.25, 0.3) is 0 Å². The number of nitrogens with one attached hydrogen (secondary N) is 2. The van der Waals surface area contributed by atoms with Crippen molar-refractivity contribution in [3.63, 3.8) is 0 Å². The van der Waals surface area contributed by atoms with Crippen molar-refractivity contribution in [2.24, 2.45) is 5.41 Å². The maximum absolute atomic E-state index is 13.0. The van der Waals surface area contributed by atoms with Crippen molar-refractivity contribution in [2.75, 3.05) is 24.5 Å². The first-order valence-electron chi connectivity index (χ1n) is 7.90. The fourth-order valence-electron chi connectivity index (χ4n) is 3.70. The van der Waals surface area contributed by atoms with Crippen molar-refractivity contribution in [2.45, 2.75) is 19.3 Å². The number of halogens is 1. The minimum Gasteiger partial charge on any atom is -0.317 e. The molecule has 3 heterocycles. The summed E-state index contributed by atoms with van der Waals surface area (Å²) in [5.74, 6) is 0.304. The molecule has 2 aromatic rings. The van der Waals surface area contributed by atoms with E-state index in [-0.39, 0.29) is 17.8 Å². The zero-order chi connectivity index (χ0) is 15.0. The quantitative estimate of drug-likeness (QED) is 0.888. The van der Waals surface area contributed by atoms with Gasteiger partial charge in [0.05, 0.1) is 11.6 Å². The van der Waals surface area contributed by atoms with E-state index in [1.54, 1.807) is 6.20 Å². The second-order valence-electron chi connectivity index (χ2n) is 6.27. The van der Waals surface area contributed by atoms with E-state index in [1.807, 2.05) is 23.2 Å². The summed E-state index contributed by atoms with van der Waals surface area (Å²) in [6.07, 6.45) is 6.58. The zero-order valence-electron chi connectivity index (χ0n) is 12.9. The van der Waals surface area contributed by atoms with Crippen LogP contribution in [0.25, 0.3) is 11.1 Å². The summed E-state index contributed by atoms with van der Waals surface area (Å²) in [6.45, 7) is 2.73. The van der Waals surface area contributed by atoms with Crippen LogP contribution >= 0.6 is 12.4 Å². The first-order chi connectivity index (χ1) is 10.8. The fourth-order valence-corrected chi connectivity index (χ4v) is 3.70. The molecule has 23 heavy (non-hydrogen) atoms. The van der Waals surface area contributed by atoms with Gasteiger partial charge in [0.15, 0.2) is 0 Å².